The van der Waals surface area contributed by atoms with Crippen LogP contribution in [-0.2, 0) is 0 Å². The lowest BCUT2D eigenvalue weighted by molar-refractivity contribution is -0.525. The van der Waals surface area contributed by atoms with E-state index in [9.17, 15) is 10.1 Å². The van der Waals surface area contributed by atoms with Crippen molar-refractivity contribution in [3.05, 3.63) is 10.1 Å². The molecular formula is C7H9ClN2O2. The minimum Gasteiger partial charge on any atom is -0.264 e. The average Bonchev–Trinajstić information content (AvgIpc) is 2.03. The maximum absolute atomic E-state index is 10.4. The third kappa shape index (κ3) is 1.86. The lowest BCUT2D eigenvalue weighted by Crippen LogP contribution is -2.35. The molecule has 0 aromatic carbocycles. The summed E-state index contributed by atoms with van der Waals surface area (Å²) in [7, 11) is 0. The summed E-state index contributed by atoms with van der Waals surface area (Å²) in [4.78, 5) is 10.1. The van der Waals surface area contributed by atoms with Gasteiger partial charge < -0.3 is 0 Å². The van der Waals surface area contributed by atoms with E-state index in [-0.39, 0.29) is 10.8 Å². The Bertz CT molecular complexity index is 226. The quantitative estimate of drug-likeness (QED) is 0.356. The number of nitro groups is 1. The molecule has 0 spiro atoms. The van der Waals surface area contributed by atoms with Gasteiger partial charge in [-0.15, -0.1) is 11.6 Å². The fourth-order valence-electron chi connectivity index (χ4n) is 1.45. The molecule has 0 aromatic heterocycles. The van der Waals surface area contributed by atoms with Gasteiger partial charge in [-0.1, -0.05) is 0 Å². The van der Waals surface area contributed by atoms with Gasteiger partial charge in [0.2, 0.25) is 6.04 Å². The summed E-state index contributed by atoms with van der Waals surface area (Å²) >= 11 is 5.76. The van der Waals surface area contributed by atoms with Crippen molar-refractivity contribution in [1.29, 1.82) is 5.26 Å². The summed E-state index contributed by atoms with van der Waals surface area (Å²) < 4.78 is 0. The minimum atomic E-state index is -0.656. The lowest BCUT2D eigenvalue weighted by atomic mass is 9.87. The molecule has 1 fully saturated rings. The van der Waals surface area contributed by atoms with Crippen LogP contribution in [-0.4, -0.2) is 16.3 Å². The van der Waals surface area contributed by atoms with E-state index in [1.807, 2.05) is 0 Å². The summed E-state index contributed by atoms with van der Waals surface area (Å²) in [5.41, 5.74) is 0. The largest absolute Gasteiger partial charge is 0.264 e. The molecule has 1 aliphatic rings. The van der Waals surface area contributed by atoms with Gasteiger partial charge in [-0.2, -0.15) is 5.26 Å². The monoisotopic (exact) mass is 188 g/mol. The molecule has 0 N–H and O–H groups in total. The van der Waals surface area contributed by atoms with E-state index in [0.717, 1.165) is 0 Å². The van der Waals surface area contributed by atoms with E-state index >= 15 is 0 Å². The predicted molar refractivity (Wildman–Crippen MR) is 43.4 cm³/mol. The van der Waals surface area contributed by atoms with Crippen molar-refractivity contribution in [2.45, 2.75) is 30.7 Å². The number of nitriles is 1. The van der Waals surface area contributed by atoms with Gasteiger partial charge in [-0.05, 0) is 12.8 Å². The minimum absolute atomic E-state index is 0.0938. The van der Waals surface area contributed by atoms with Crippen LogP contribution in [0.15, 0.2) is 0 Å². The summed E-state index contributed by atoms with van der Waals surface area (Å²) in [6, 6.07) is 1.43. The molecule has 66 valence electrons. The Morgan fingerprint density at radius 1 is 1.58 bits per heavy atom. The smallest absolute Gasteiger partial charge is 0.229 e. The van der Waals surface area contributed by atoms with Crippen LogP contribution in [0.2, 0.25) is 0 Å². The van der Waals surface area contributed by atoms with Crippen LogP contribution < -0.4 is 0 Å². The first-order valence-corrected chi connectivity index (χ1v) is 4.26. The second kappa shape index (κ2) is 3.72. The highest BCUT2D eigenvalue weighted by Gasteiger charge is 2.36. The summed E-state index contributed by atoms with van der Waals surface area (Å²) in [6.07, 6.45) is 1.48. The van der Waals surface area contributed by atoms with Crippen molar-refractivity contribution in [1.82, 2.24) is 0 Å². The first-order valence-electron chi connectivity index (χ1n) is 3.82. The third-order valence-corrected chi connectivity index (χ3v) is 2.66. The van der Waals surface area contributed by atoms with Crippen molar-refractivity contribution >= 4 is 11.6 Å². The first kappa shape index (κ1) is 9.27. The second-order valence-corrected chi connectivity index (χ2v) is 3.57. The van der Waals surface area contributed by atoms with Gasteiger partial charge in [0.05, 0.1) is 6.07 Å². The van der Waals surface area contributed by atoms with E-state index < -0.39 is 11.4 Å². The molecule has 1 saturated carbocycles. The van der Waals surface area contributed by atoms with Crippen molar-refractivity contribution in [3.8, 4) is 6.07 Å². The first-order chi connectivity index (χ1) is 5.65. The van der Waals surface area contributed by atoms with Crippen LogP contribution in [0.1, 0.15) is 19.3 Å². The maximum atomic E-state index is 10.4. The molecule has 0 amide bonds. The molecule has 3 unspecified atom stereocenters. The van der Waals surface area contributed by atoms with Gasteiger partial charge in [0.1, 0.15) is 5.38 Å². The number of hydrogen-bond donors (Lipinski definition) is 0. The normalized spacial score (nSPS) is 35.5. The van der Waals surface area contributed by atoms with Gasteiger partial charge in [-0.3, -0.25) is 10.1 Å². The van der Waals surface area contributed by atoms with E-state index in [0.29, 0.717) is 19.3 Å². The molecule has 0 bridgehead atoms. The maximum Gasteiger partial charge on any atom is 0.229 e. The van der Waals surface area contributed by atoms with Crippen LogP contribution >= 0.6 is 11.6 Å². The summed E-state index contributed by atoms with van der Waals surface area (Å²) in [6.45, 7) is 0. The van der Waals surface area contributed by atoms with Crippen LogP contribution in [0.4, 0.5) is 0 Å². The molecular weight excluding hydrogens is 180 g/mol. The lowest BCUT2D eigenvalue weighted by Gasteiger charge is -2.23. The zero-order valence-corrected chi connectivity index (χ0v) is 7.20. The molecule has 12 heavy (non-hydrogen) atoms. The SMILES string of the molecule is N#CC1CCC([N+](=O)[O-])C(Cl)C1. The van der Waals surface area contributed by atoms with Gasteiger partial charge in [0, 0.05) is 17.3 Å². The van der Waals surface area contributed by atoms with Crippen LogP contribution in [0.3, 0.4) is 0 Å². The zero-order chi connectivity index (χ0) is 9.14. The Labute approximate surface area is 75.3 Å². The Balaban J connectivity index is 2.55. The van der Waals surface area contributed by atoms with E-state index in [1.165, 1.54) is 0 Å². The molecule has 1 rings (SSSR count). The molecule has 1 aliphatic carbocycles. The standard InChI is InChI=1S/C7H9ClN2O2/c8-6-3-5(4-9)1-2-7(6)10(11)12/h5-7H,1-3H2. The van der Waals surface area contributed by atoms with Gasteiger partial charge >= 0.3 is 0 Å². The molecule has 0 aromatic rings. The van der Waals surface area contributed by atoms with Crippen LogP contribution in [0.5, 0.6) is 0 Å². The summed E-state index contributed by atoms with van der Waals surface area (Å²) in [5, 5.41) is 18.5. The van der Waals surface area contributed by atoms with E-state index in [2.05, 4.69) is 6.07 Å². The molecule has 0 saturated heterocycles. The van der Waals surface area contributed by atoms with Crippen LogP contribution in [0, 0.1) is 27.4 Å². The van der Waals surface area contributed by atoms with E-state index in [1.54, 1.807) is 0 Å². The highest BCUT2D eigenvalue weighted by molar-refractivity contribution is 6.21. The molecule has 0 aliphatic heterocycles. The van der Waals surface area contributed by atoms with Crippen molar-refractivity contribution in [3.63, 3.8) is 0 Å². The molecule has 0 heterocycles. The average molecular weight is 189 g/mol. The fraction of sp³-hybridized carbons (Fsp3) is 0.857. The number of nitrogens with zero attached hydrogens (tertiary/aromatic N) is 2. The molecule has 0 radical (unpaired) electrons. The van der Waals surface area contributed by atoms with Crippen molar-refractivity contribution in [2.75, 3.05) is 0 Å². The number of halogens is 1. The molecule has 5 heteroatoms. The summed E-state index contributed by atoms with van der Waals surface area (Å²) in [5.74, 6) is -0.0938. The highest BCUT2D eigenvalue weighted by atomic mass is 35.5. The topological polar surface area (TPSA) is 66.9 Å². The highest BCUT2D eigenvalue weighted by Crippen LogP contribution is 2.29. The number of hydrogen-bond acceptors (Lipinski definition) is 3. The Kier molecular flexibility index (Phi) is 2.88. The van der Waals surface area contributed by atoms with Crippen LogP contribution in [0.25, 0.3) is 0 Å². The third-order valence-electron chi connectivity index (χ3n) is 2.19. The number of alkyl halides is 1. The van der Waals surface area contributed by atoms with Gasteiger partial charge in [0.25, 0.3) is 0 Å². The van der Waals surface area contributed by atoms with Gasteiger partial charge in [-0.25, -0.2) is 0 Å². The number of rotatable bonds is 1. The van der Waals surface area contributed by atoms with Crippen molar-refractivity contribution < 1.29 is 4.92 Å². The van der Waals surface area contributed by atoms with E-state index in [4.69, 9.17) is 16.9 Å². The van der Waals surface area contributed by atoms with Gasteiger partial charge in [0.15, 0.2) is 0 Å². The van der Waals surface area contributed by atoms with Crippen molar-refractivity contribution in [2.24, 2.45) is 5.92 Å². The predicted octanol–water partition coefficient (Wildman–Crippen LogP) is 1.56. The zero-order valence-electron chi connectivity index (χ0n) is 6.44. The molecule has 4 nitrogen and oxygen atoms in total. The Hall–Kier alpha value is -0.820. The second-order valence-electron chi connectivity index (χ2n) is 3.01. The Morgan fingerprint density at radius 3 is 2.67 bits per heavy atom. The molecule has 3 atom stereocenters. The fourth-order valence-corrected chi connectivity index (χ4v) is 1.89. The Morgan fingerprint density at radius 2 is 2.25 bits per heavy atom.